The second kappa shape index (κ2) is 8.65. The van der Waals surface area contributed by atoms with E-state index >= 15 is 0 Å². The smallest absolute Gasteiger partial charge is 0.298 e. The van der Waals surface area contributed by atoms with Crippen molar-refractivity contribution in [2.45, 2.75) is 19.8 Å². The van der Waals surface area contributed by atoms with Crippen molar-refractivity contribution in [2.24, 2.45) is 0 Å². The van der Waals surface area contributed by atoms with E-state index in [0.717, 1.165) is 22.0 Å². The molecule has 0 N–H and O–H groups in total. The summed E-state index contributed by atoms with van der Waals surface area (Å²) in [4.78, 5) is 0. The molecular weight excluding hydrogens is 372 g/mol. The lowest BCUT2D eigenvalue weighted by atomic mass is 10.3. The van der Waals surface area contributed by atoms with Gasteiger partial charge in [0.2, 0.25) is 0 Å². The molecule has 0 unspecified atom stereocenters. The van der Waals surface area contributed by atoms with Gasteiger partial charge in [0.1, 0.15) is 0 Å². The van der Waals surface area contributed by atoms with Gasteiger partial charge in [0.15, 0.2) is 0 Å². The van der Waals surface area contributed by atoms with Gasteiger partial charge in [-0.25, -0.2) is 8.42 Å². The van der Waals surface area contributed by atoms with Crippen molar-refractivity contribution in [3.05, 3.63) is 91.0 Å². The first-order valence-corrected chi connectivity index (χ1v) is 12.7. The van der Waals surface area contributed by atoms with E-state index in [-0.39, 0.29) is 5.75 Å². The topological polar surface area (TPSA) is 43.4 Å². The van der Waals surface area contributed by atoms with Crippen LogP contribution in [0.4, 0.5) is 0 Å². The van der Waals surface area contributed by atoms with Crippen LogP contribution in [0.25, 0.3) is 0 Å². The molecule has 0 aromatic heterocycles. The molecule has 0 bridgehead atoms. The van der Waals surface area contributed by atoms with Crippen LogP contribution < -0.4 is 15.6 Å². The molecule has 0 aliphatic heterocycles. The van der Waals surface area contributed by atoms with Gasteiger partial charge in [-0.1, -0.05) is 104 Å². The summed E-state index contributed by atoms with van der Waals surface area (Å²) >= 11 is 0. The Labute approximate surface area is 162 Å². The van der Waals surface area contributed by atoms with E-state index in [1.54, 1.807) is 0 Å². The molecule has 140 valence electrons. The first-order chi connectivity index (χ1) is 13.1. The third-order valence-corrected chi connectivity index (χ3v) is 10.8. The van der Waals surface area contributed by atoms with Gasteiger partial charge >= 0.3 is 8.32 Å². The third-order valence-electron chi connectivity index (χ3n) is 4.54. The molecule has 3 aromatic carbocycles. The van der Waals surface area contributed by atoms with Crippen LogP contribution in [-0.2, 0) is 14.0 Å². The molecule has 0 amide bonds. The second-order valence-electron chi connectivity index (χ2n) is 6.48. The standard InChI is InChI=1S/C22H24O3SSi/c1-2-3-19-26(23,24)25-27(20-13-7-4-8-14-20,21-15-9-5-10-16-21)22-17-11-6-12-18-22/h4-18H,2-3,19H2,1H3. The first-order valence-electron chi connectivity index (χ1n) is 9.18. The summed E-state index contributed by atoms with van der Waals surface area (Å²) in [5.74, 6) is 0.0325. The van der Waals surface area contributed by atoms with Gasteiger partial charge in [-0.05, 0) is 22.0 Å². The van der Waals surface area contributed by atoms with E-state index in [2.05, 4.69) is 0 Å². The van der Waals surface area contributed by atoms with Crippen LogP contribution in [-0.4, -0.2) is 22.5 Å². The molecule has 0 saturated carbocycles. The van der Waals surface area contributed by atoms with Gasteiger partial charge < -0.3 is 0 Å². The Morgan fingerprint density at radius 1 is 0.704 bits per heavy atom. The molecule has 27 heavy (non-hydrogen) atoms. The molecule has 0 spiro atoms. The average Bonchev–Trinajstić information content (AvgIpc) is 2.72. The van der Waals surface area contributed by atoms with E-state index in [1.807, 2.05) is 97.9 Å². The number of hydrogen-bond acceptors (Lipinski definition) is 3. The zero-order chi connectivity index (χ0) is 19.2. The van der Waals surface area contributed by atoms with Gasteiger partial charge in [-0.15, -0.1) is 0 Å². The summed E-state index contributed by atoms with van der Waals surface area (Å²) in [5, 5.41) is 2.76. The molecule has 0 saturated heterocycles. The van der Waals surface area contributed by atoms with Crippen LogP contribution in [0, 0.1) is 0 Å². The SMILES string of the molecule is CCCCS(=O)(=O)O[Si](c1ccccc1)(c1ccccc1)c1ccccc1. The molecule has 0 radical (unpaired) electrons. The summed E-state index contributed by atoms with van der Waals surface area (Å²) < 4.78 is 32.1. The van der Waals surface area contributed by atoms with Crippen LogP contribution in [0.5, 0.6) is 0 Å². The molecule has 3 aromatic rings. The van der Waals surface area contributed by atoms with Crippen LogP contribution in [0.2, 0.25) is 0 Å². The van der Waals surface area contributed by atoms with Crippen LogP contribution in [0.15, 0.2) is 91.0 Å². The van der Waals surface area contributed by atoms with Crippen LogP contribution in [0.3, 0.4) is 0 Å². The maximum Gasteiger partial charge on any atom is 0.309 e. The van der Waals surface area contributed by atoms with Crippen molar-refractivity contribution in [1.82, 2.24) is 0 Å². The quantitative estimate of drug-likeness (QED) is 0.434. The fraction of sp³-hybridized carbons (Fsp3) is 0.182. The number of unbranched alkanes of at least 4 members (excludes halogenated alkanes) is 1. The molecule has 0 aliphatic carbocycles. The van der Waals surface area contributed by atoms with Crippen molar-refractivity contribution in [1.29, 1.82) is 0 Å². The molecule has 5 heteroatoms. The predicted molar refractivity (Wildman–Crippen MR) is 114 cm³/mol. The maximum absolute atomic E-state index is 12.9. The van der Waals surface area contributed by atoms with Gasteiger partial charge in [-0.2, -0.15) is 0 Å². The minimum Gasteiger partial charge on any atom is -0.298 e. The highest BCUT2D eigenvalue weighted by atomic mass is 32.2. The lowest BCUT2D eigenvalue weighted by Crippen LogP contribution is -2.70. The van der Waals surface area contributed by atoms with Crippen LogP contribution >= 0.6 is 0 Å². The molecule has 0 heterocycles. The summed E-state index contributed by atoms with van der Waals surface area (Å²) in [5.41, 5.74) is 0. The Morgan fingerprint density at radius 3 is 1.41 bits per heavy atom. The van der Waals surface area contributed by atoms with E-state index in [9.17, 15) is 8.42 Å². The largest absolute Gasteiger partial charge is 0.309 e. The summed E-state index contributed by atoms with van der Waals surface area (Å²) in [6.45, 7) is 1.98. The van der Waals surface area contributed by atoms with Gasteiger partial charge in [0.05, 0.1) is 5.75 Å². The van der Waals surface area contributed by atoms with E-state index in [1.165, 1.54) is 0 Å². The molecule has 0 atom stereocenters. The Morgan fingerprint density at radius 2 is 1.07 bits per heavy atom. The summed E-state index contributed by atoms with van der Waals surface area (Å²) in [6, 6.07) is 29.3. The van der Waals surface area contributed by atoms with Crippen molar-refractivity contribution < 1.29 is 12.3 Å². The molecule has 0 aliphatic rings. The zero-order valence-electron chi connectivity index (χ0n) is 15.4. The van der Waals surface area contributed by atoms with E-state index in [0.29, 0.717) is 6.42 Å². The van der Waals surface area contributed by atoms with Gasteiger partial charge in [0, 0.05) is 0 Å². The molecule has 3 nitrogen and oxygen atoms in total. The molecular formula is C22H24O3SSi. The molecule has 0 fully saturated rings. The summed E-state index contributed by atoms with van der Waals surface area (Å²) in [7, 11) is -6.88. The molecule has 3 rings (SSSR count). The minimum absolute atomic E-state index is 0.0325. The highest BCUT2D eigenvalue weighted by Gasteiger charge is 2.45. The van der Waals surface area contributed by atoms with Gasteiger partial charge in [-0.3, -0.25) is 3.87 Å². The number of rotatable bonds is 8. The second-order valence-corrected chi connectivity index (χ2v) is 11.8. The highest BCUT2D eigenvalue weighted by Crippen LogP contribution is 2.14. The van der Waals surface area contributed by atoms with E-state index in [4.69, 9.17) is 3.87 Å². The number of hydrogen-bond donors (Lipinski definition) is 0. The van der Waals surface area contributed by atoms with E-state index < -0.39 is 18.4 Å². The van der Waals surface area contributed by atoms with Crippen molar-refractivity contribution in [3.63, 3.8) is 0 Å². The fourth-order valence-electron chi connectivity index (χ4n) is 3.22. The first kappa shape index (κ1) is 19.5. The predicted octanol–water partition coefficient (Wildman–Crippen LogP) is 2.80. The Hall–Kier alpha value is -2.21. The van der Waals surface area contributed by atoms with Crippen molar-refractivity contribution >= 4 is 34.0 Å². The fourth-order valence-corrected chi connectivity index (χ4v) is 9.86. The maximum atomic E-state index is 12.9. The summed E-state index contributed by atoms with van der Waals surface area (Å²) in [6.07, 6.45) is 1.39. The van der Waals surface area contributed by atoms with Crippen molar-refractivity contribution in [3.8, 4) is 0 Å². The lowest BCUT2D eigenvalue weighted by molar-refractivity contribution is 0.491. The Kier molecular flexibility index (Phi) is 6.26. The van der Waals surface area contributed by atoms with Gasteiger partial charge in [0.25, 0.3) is 10.1 Å². The third kappa shape index (κ3) is 4.38. The number of benzene rings is 3. The lowest BCUT2D eigenvalue weighted by Gasteiger charge is -2.32. The minimum atomic E-state index is -3.68. The highest BCUT2D eigenvalue weighted by molar-refractivity contribution is 7.88. The zero-order valence-corrected chi connectivity index (χ0v) is 17.2. The van der Waals surface area contributed by atoms with Crippen molar-refractivity contribution in [2.75, 3.05) is 5.75 Å². The van der Waals surface area contributed by atoms with Crippen LogP contribution in [0.1, 0.15) is 19.8 Å². The Bertz CT molecular complexity index is 846. The normalized spacial score (nSPS) is 12.0. The average molecular weight is 397 g/mol. The Balaban J connectivity index is 2.26. The monoisotopic (exact) mass is 396 g/mol.